The third kappa shape index (κ3) is 3.63. The first-order chi connectivity index (χ1) is 7.19. The van der Waals surface area contributed by atoms with Crippen LogP contribution >= 0.6 is 11.6 Å². The Morgan fingerprint density at radius 1 is 1.67 bits per heavy atom. The number of nitrogens with zero attached hydrogens (tertiary/aromatic N) is 1. The molecule has 0 spiro atoms. The average molecular weight is 236 g/mol. The van der Waals surface area contributed by atoms with E-state index in [9.17, 15) is 4.79 Å². The van der Waals surface area contributed by atoms with E-state index < -0.39 is 0 Å². The lowest BCUT2D eigenvalue weighted by Crippen LogP contribution is -2.52. The van der Waals surface area contributed by atoms with Crippen molar-refractivity contribution in [1.29, 1.82) is 0 Å². The van der Waals surface area contributed by atoms with Gasteiger partial charge in [-0.05, 0) is 13.8 Å². The molecule has 4 nitrogen and oxygen atoms in total. The minimum atomic E-state index is -0.0477. The molecule has 2 unspecified atom stereocenters. The van der Waals surface area contributed by atoms with Gasteiger partial charge in [0.25, 0.3) is 0 Å². The van der Waals surface area contributed by atoms with E-state index in [1.807, 2.05) is 13.8 Å². The number of carbonyl (C=O) groups is 1. The zero-order valence-electron chi connectivity index (χ0n) is 9.24. The first-order valence-corrected chi connectivity index (χ1v) is 5.77. The van der Waals surface area contributed by atoms with E-state index in [-0.39, 0.29) is 24.7 Å². The lowest BCUT2D eigenvalue weighted by Gasteiger charge is -2.37. The molecular weight excluding hydrogens is 218 g/mol. The lowest BCUT2D eigenvalue weighted by molar-refractivity contribution is -0.147. The summed E-state index contributed by atoms with van der Waals surface area (Å²) in [4.78, 5) is 13.5. The number of hydrogen-bond donors (Lipinski definition) is 0. The number of alkyl halides is 1. The molecule has 2 atom stereocenters. The molecule has 0 bridgehead atoms. The van der Waals surface area contributed by atoms with Gasteiger partial charge in [0.1, 0.15) is 6.61 Å². The topological polar surface area (TPSA) is 38.8 Å². The SMILES string of the molecule is CCOCC(=O)N1CC(CCl)OCC1C. The number of carbonyl (C=O) groups excluding carboxylic acids is 1. The quantitative estimate of drug-likeness (QED) is 0.679. The summed E-state index contributed by atoms with van der Waals surface area (Å²) in [6.07, 6.45) is -0.0477. The molecule has 88 valence electrons. The molecule has 1 fully saturated rings. The molecule has 1 heterocycles. The monoisotopic (exact) mass is 235 g/mol. The normalized spacial score (nSPS) is 26.7. The van der Waals surface area contributed by atoms with Gasteiger partial charge in [0.2, 0.25) is 5.91 Å². The largest absolute Gasteiger partial charge is 0.373 e. The highest BCUT2D eigenvalue weighted by molar-refractivity contribution is 6.18. The summed E-state index contributed by atoms with van der Waals surface area (Å²) in [5, 5.41) is 0. The van der Waals surface area contributed by atoms with Crippen molar-refractivity contribution >= 4 is 17.5 Å². The van der Waals surface area contributed by atoms with Crippen LogP contribution in [0.25, 0.3) is 0 Å². The van der Waals surface area contributed by atoms with E-state index in [1.54, 1.807) is 4.90 Å². The summed E-state index contributed by atoms with van der Waals surface area (Å²) in [6.45, 7) is 5.66. The fourth-order valence-electron chi connectivity index (χ4n) is 1.53. The Bertz CT molecular complexity index is 213. The number of hydrogen-bond acceptors (Lipinski definition) is 3. The van der Waals surface area contributed by atoms with Gasteiger partial charge >= 0.3 is 0 Å². The third-order valence-electron chi connectivity index (χ3n) is 2.43. The van der Waals surface area contributed by atoms with Crippen molar-refractivity contribution in [2.45, 2.75) is 26.0 Å². The highest BCUT2D eigenvalue weighted by Crippen LogP contribution is 2.12. The molecule has 0 N–H and O–H groups in total. The molecule has 0 radical (unpaired) electrons. The molecule has 0 saturated carbocycles. The van der Waals surface area contributed by atoms with Crippen LogP contribution in [0.4, 0.5) is 0 Å². The molecule has 0 aliphatic carbocycles. The maximum Gasteiger partial charge on any atom is 0.248 e. The Hall–Kier alpha value is -0.320. The molecule has 0 aromatic heterocycles. The first-order valence-electron chi connectivity index (χ1n) is 5.23. The van der Waals surface area contributed by atoms with Gasteiger partial charge in [-0.2, -0.15) is 0 Å². The minimum absolute atomic E-state index is 0.0165. The predicted molar refractivity (Wildman–Crippen MR) is 58.1 cm³/mol. The number of ether oxygens (including phenoxy) is 2. The average Bonchev–Trinajstić information content (AvgIpc) is 2.26. The van der Waals surface area contributed by atoms with Gasteiger partial charge < -0.3 is 14.4 Å². The van der Waals surface area contributed by atoms with E-state index in [0.717, 1.165) is 0 Å². The highest BCUT2D eigenvalue weighted by atomic mass is 35.5. The molecule has 1 aliphatic rings. The van der Waals surface area contributed by atoms with Gasteiger partial charge in [-0.25, -0.2) is 0 Å². The van der Waals surface area contributed by atoms with Crippen molar-refractivity contribution in [2.24, 2.45) is 0 Å². The summed E-state index contributed by atoms with van der Waals surface area (Å²) in [7, 11) is 0. The third-order valence-corrected chi connectivity index (χ3v) is 2.77. The molecule has 0 aromatic carbocycles. The standard InChI is InChI=1S/C10H18ClNO3/c1-3-14-7-10(13)12-5-9(4-11)15-6-8(12)2/h8-9H,3-7H2,1-2H3. The Morgan fingerprint density at radius 2 is 2.40 bits per heavy atom. The van der Waals surface area contributed by atoms with Gasteiger partial charge in [0.15, 0.2) is 0 Å². The zero-order valence-corrected chi connectivity index (χ0v) is 10.00. The second kappa shape index (κ2) is 6.30. The Balaban J connectivity index is 2.46. The number of halogens is 1. The minimum Gasteiger partial charge on any atom is -0.373 e. The van der Waals surface area contributed by atoms with Gasteiger partial charge in [0.05, 0.1) is 24.6 Å². The first kappa shape index (κ1) is 12.7. The van der Waals surface area contributed by atoms with E-state index in [4.69, 9.17) is 21.1 Å². The van der Waals surface area contributed by atoms with Crippen LogP contribution in [0.3, 0.4) is 0 Å². The van der Waals surface area contributed by atoms with Crippen LogP contribution in [-0.4, -0.2) is 55.2 Å². The summed E-state index contributed by atoms with van der Waals surface area (Å²) in [6, 6.07) is 0.109. The summed E-state index contributed by atoms with van der Waals surface area (Å²) in [5.41, 5.74) is 0. The summed E-state index contributed by atoms with van der Waals surface area (Å²) < 4.78 is 10.6. The van der Waals surface area contributed by atoms with Gasteiger partial charge in [-0.15, -0.1) is 11.6 Å². The van der Waals surface area contributed by atoms with E-state index in [1.165, 1.54) is 0 Å². The Kier molecular flexibility index (Phi) is 5.36. The summed E-state index contributed by atoms with van der Waals surface area (Å²) in [5.74, 6) is 0.438. The van der Waals surface area contributed by atoms with Crippen LogP contribution in [0, 0.1) is 0 Å². The Morgan fingerprint density at radius 3 is 3.00 bits per heavy atom. The lowest BCUT2D eigenvalue weighted by atomic mass is 10.2. The second-order valence-electron chi connectivity index (χ2n) is 3.64. The van der Waals surface area contributed by atoms with Crippen molar-refractivity contribution in [1.82, 2.24) is 4.90 Å². The number of rotatable bonds is 4. The molecule has 1 amide bonds. The van der Waals surface area contributed by atoms with Gasteiger partial charge in [0, 0.05) is 13.2 Å². The fourth-order valence-corrected chi connectivity index (χ4v) is 1.72. The van der Waals surface area contributed by atoms with Crippen LogP contribution in [0.2, 0.25) is 0 Å². The van der Waals surface area contributed by atoms with Gasteiger partial charge in [-0.1, -0.05) is 0 Å². The van der Waals surface area contributed by atoms with E-state index in [2.05, 4.69) is 0 Å². The van der Waals surface area contributed by atoms with Crippen molar-refractivity contribution in [3.8, 4) is 0 Å². The predicted octanol–water partition coefficient (Wildman–Crippen LogP) is 0.878. The molecule has 1 saturated heterocycles. The van der Waals surface area contributed by atoms with Crippen LogP contribution < -0.4 is 0 Å². The molecule has 5 heteroatoms. The molecule has 0 aromatic rings. The van der Waals surface area contributed by atoms with Crippen molar-refractivity contribution < 1.29 is 14.3 Å². The zero-order chi connectivity index (χ0) is 11.3. The van der Waals surface area contributed by atoms with Crippen molar-refractivity contribution in [3.05, 3.63) is 0 Å². The van der Waals surface area contributed by atoms with Crippen molar-refractivity contribution in [2.75, 3.05) is 32.2 Å². The van der Waals surface area contributed by atoms with E-state index >= 15 is 0 Å². The van der Waals surface area contributed by atoms with Crippen molar-refractivity contribution in [3.63, 3.8) is 0 Å². The fraction of sp³-hybridized carbons (Fsp3) is 0.900. The Labute approximate surface area is 95.5 Å². The molecular formula is C10H18ClNO3. The van der Waals surface area contributed by atoms with Crippen LogP contribution in [0.5, 0.6) is 0 Å². The second-order valence-corrected chi connectivity index (χ2v) is 3.95. The number of morpholine rings is 1. The van der Waals surface area contributed by atoms with Crippen LogP contribution in [-0.2, 0) is 14.3 Å². The number of amides is 1. The maximum absolute atomic E-state index is 11.7. The van der Waals surface area contributed by atoms with Gasteiger partial charge in [-0.3, -0.25) is 4.79 Å². The van der Waals surface area contributed by atoms with E-state index in [0.29, 0.717) is 25.6 Å². The molecule has 1 rings (SSSR count). The molecule has 1 aliphatic heterocycles. The van der Waals surface area contributed by atoms with Crippen LogP contribution in [0.15, 0.2) is 0 Å². The molecule has 15 heavy (non-hydrogen) atoms. The summed E-state index contributed by atoms with van der Waals surface area (Å²) >= 11 is 5.71. The highest BCUT2D eigenvalue weighted by Gasteiger charge is 2.28. The smallest absolute Gasteiger partial charge is 0.248 e. The van der Waals surface area contributed by atoms with Crippen LogP contribution in [0.1, 0.15) is 13.8 Å². The maximum atomic E-state index is 11.7.